The molecular formula is C7H3ClF3. The third-order valence-electron chi connectivity index (χ3n) is 1.09. The number of halogens is 4. The summed E-state index contributed by atoms with van der Waals surface area (Å²) in [6.45, 7) is 0. The van der Waals surface area contributed by atoms with E-state index in [0.29, 0.717) is 0 Å². The summed E-state index contributed by atoms with van der Waals surface area (Å²) in [7, 11) is 0. The summed E-state index contributed by atoms with van der Waals surface area (Å²) in [5.74, 6) is 0. The molecule has 0 aliphatic rings. The van der Waals surface area contributed by atoms with Crippen LogP contribution in [0.1, 0.15) is 5.56 Å². The van der Waals surface area contributed by atoms with Crippen LogP contribution in [0.3, 0.4) is 0 Å². The molecule has 1 radical (unpaired) electrons. The van der Waals surface area contributed by atoms with E-state index in [-0.39, 0.29) is 5.02 Å². The normalized spacial score (nSPS) is 11.6. The Bertz CT molecular complexity index is 254. The Kier molecular flexibility index (Phi) is 2.09. The van der Waals surface area contributed by atoms with Gasteiger partial charge in [0.1, 0.15) is 0 Å². The maximum Gasteiger partial charge on any atom is 0.418 e. The van der Waals surface area contributed by atoms with Crippen molar-refractivity contribution in [1.29, 1.82) is 0 Å². The van der Waals surface area contributed by atoms with Crippen LogP contribution in [0.4, 0.5) is 13.2 Å². The van der Waals surface area contributed by atoms with Gasteiger partial charge >= 0.3 is 6.18 Å². The average Bonchev–Trinajstić information content (AvgIpc) is 1.86. The lowest BCUT2D eigenvalue weighted by Gasteiger charge is -2.06. The highest BCUT2D eigenvalue weighted by molar-refractivity contribution is 6.31. The molecule has 0 atom stereocenters. The van der Waals surface area contributed by atoms with Crippen LogP contribution < -0.4 is 0 Å². The Morgan fingerprint density at radius 2 is 2.00 bits per heavy atom. The average molecular weight is 180 g/mol. The first-order chi connectivity index (χ1) is 5.02. The van der Waals surface area contributed by atoms with Crippen LogP contribution >= 0.6 is 11.6 Å². The first-order valence-electron chi connectivity index (χ1n) is 2.75. The lowest BCUT2D eigenvalue weighted by molar-refractivity contribution is -0.137. The van der Waals surface area contributed by atoms with Gasteiger partial charge in [-0.3, -0.25) is 0 Å². The molecule has 0 bridgehead atoms. The van der Waals surface area contributed by atoms with Gasteiger partial charge in [-0.25, -0.2) is 0 Å². The van der Waals surface area contributed by atoms with Crippen LogP contribution in [0.15, 0.2) is 18.2 Å². The number of benzene rings is 1. The molecule has 59 valence electrons. The van der Waals surface area contributed by atoms with Crippen LogP contribution in [-0.4, -0.2) is 0 Å². The Labute approximate surface area is 66.6 Å². The summed E-state index contributed by atoms with van der Waals surface area (Å²) in [6.07, 6.45) is -4.40. The summed E-state index contributed by atoms with van der Waals surface area (Å²) in [5.41, 5.74) is -0.915. The first kappa shape index (κ1) is 8.40. The van der Waals surface area contributed by atoms with E-state index in [0.717, 1.165) is 0 Å². The van der Waals surface area contributed by atoms with Gasteiger partial charge in [0.05, 0.1) is 10.6 Å². The molecule has 1 rings (SSSR count). The second kappa shape index (κ2) is 2.74. The van der Waals surface area contributed by atoms with Crippen LogP contribution in [0.5, 0.6) is 0 Å². The van der Waals surface area contributed by atoms with E-state index in [2.05, 4.69) is 0 Å². The largest absolute Gasteiger partial charge is 0.418 e. The minimum Gasteiger partial charge on any atom is -0.166 e. The standard InChI is InChI=1S/C7H3ClF3/c8-6-4-2-1-3-5(6)7(9,10)11/h1-2,4H. The van der Waals surface area contributed by atoms with Gasteiger partial charge in [-0.2, -0.15) is 13.2 Å². The highest BCUT2D eigenvalue weighted by atomic mass is 35.5. The van der Waals surface area contributed by atoms with Gasteiger partial charge in [-0.1, -0.05) is 23.7 Å². The molecule has 0 aliphatic carbocycles. The molecule has 0 heterocycles. The maximum atomic E-state index is 11.9. The van der Waals surface area contributed by atoms with Crippen LogP contribution in [0.2, 0.25) is 5.02 Å². The molecule has 0 N–H and O–H groups in total. The fraction of sp³-hybridized carbons (Fsp3) is 0.143. The summed E-state index contributed by atoms with van der Waals surface area (Å²) in [5, 5.41) is -0.319. The first-order valence-corrected chi connectivity index (χ1v) is 3.13. The van der Waals surface area contributed by atoms with Crippen molar-refractivity contribution < 1.29 is 13.2 Å². The maximum absolute atomic E-state index is 11.9. The van der Waals surface area contributed by atoms with Crippen molar-refractivity contribution in [3.05, 3.63) is 34.9 Å². The lowest BCUT2D eigenvalue weighted by Crippen LogP contribution is -2.05. The molecule has 0 saturated heterocycles. The summed E-state index contributed by atoms with van der Waals surface area (Å²) in [4.78, 5) is 0. The molecule has 0 spiro atoms. The molecule has 0 aromatic heterocycles. The number of alkyl halides is 3. The molecule has 0 saturated carbocycles. The smallest absolute Gasteiger partial charge is 0.166 e. The molecule has 11 heavy (non-hydrogen) atoms. The van der Waals surface area contributed by atoms with Crippen LogP contribution in [0, 0.1) is 6.07 Å². The van der Waals surface area contributed by atoms with Crippen LogP contribution in [-0.2, 0) is 6.18 Å². The van der Waals surface area contributed by atoms with Gasteiger partial charge in [0.15, 0.2) is 0 Å². The minimum atomic E-state index is -4.40. The van der Waals surface area contributed by atoms with Gasteiger partial charge in [-0.05, 0) is 12.1 Å². The minimum absolute atomic E-state index is 0.319. The van der Waals surface area contributed by atoms with Crippen molar-refractivity contribution in [3.8, 4) is 0 Å². The predicted molar refractivity (Wildman–Crippen MR) is 35.3 cm³/mol. The Morgan fingerprint density at radius 3 is 2.36 bits per heavy atom. The zero-order chi connectivity index (χ0) is 8.48. The van der Waals surface area contributed by atoms with Crippen molar-refractivity contribution in [2.45, 2.75) is 6.18 Å². The van der Waals surface area contributed by atoms with Gasteiger partial charge in [0.2, 0.25) is 0 Å². The lowest BCUT2D eigenvalue weighted by atomic mass is 10.2. The quantitative estimate of drug-likeness (QED) is 0.574. The molecule has 0 amide bonds. The fourth-order valence-corrected chi connectivity index (χ4v) is 0.868. The van der Waals surface area contributed by atoms with E-state index in [4.69, 9.17) is 11.6 Å². The van der Waals surface area contributed by atoms with Crippen molar-refractivity contribution in [3.63, 3.8) is 0 Å². The van der Waals surface area contributed by atoms with Gasteiger partial charge in [-0.15, -0.1) is 0 Å². The third-order valence-corrected chi connectivity index (χ3v) is 1.40. The SMILES string of the molecule is FC(F)(F)c1[c]cccc1Cl. The Balaban J connectivity index is 3.14. The van der Waals surface area contributed by atoms with Crippen LogP contribution in [0.25, 0.3) is 0 Å². The fourth-order valence-electron chi connectivity index (χ4n) is 0.634. The van der Waals surface area contributed by atoms with Crippen molar-refractivity contribution in [2.24, 2.45) is 0 Å². The van der Waals surface area contributed by atoms with Gasteiger partial charge in [0, 0.05) is 0 Å². The van der Waals surface area contributed by atoms with E-state index in [1.165, 1.54) is 18.2 Å². The van der Waals surface area contributed by atoms with E-state index in [1.807, 2.05) is 6.07 Å². The van der Waals surface area contributed by atoms with Gasteiger partial charge in [0.25, 0.3) is 0 Å². The summed E-state index contributed by atoms with van der Waals surface area (Å²) < 4.78 is 35.8. The topological polar surface area (TPSA) is 0 Å². The molecular weight excluding hydrogens is 177 g/mol. The molecule has 4 heteroatoms. The Morgan fingerprint density at radius 1 is 1.36 bits per heavy atom. The zero-order valence-corrected chi connectivity index (χ0v) is 6.00. The van der Waals surface area contributed by atoms with Crippen molar-refractivity contribution in [1.82, 2.24) is 0 Å². The van der Waals surface area contributed by atoms with E-state index >= 15 is 0 Å². The molecule has 0 fully saturated rings. The molecule has 0 nitrogen and oxygen atoms in total. The predicted octanol–water partition coefficient (Wildman–Crippen LogP) is 3.16. The van der Waals surface area contributed by atoms with Crippen molar-refractivity contribution >= 4 is 11.6 Å². The molecule has 1 aromatic carbocycles. The number of hydrogen-bond donors (Lipinski definition) is 0. The van der Waals surface area contributed by atoms with E-state index in [9.17, 15) is 13.2 Å². The van der Waals surface area contributed by atoms with Gasteiger partial charge < -0.3 is 0 Å². The number of rotatable bonds is 0. The second-order valence-corrected chi connectivity index (χ2v) is 2.30. The third kappa shape index (κ3) is 1.87. The van der Waals surface area contributed by atoms with E-state index in [1.54, 1.807) is 0 Å². The summed E-state index contributed by atoms with van der Waals surface area (Å²) in [6, 6.07) is 5.78. The van der Waals surface area contributed by atoms with Crippen molar-refractivity contribution in [2.75, 3.05) is 0 Å². The Hall–Kier alpha value is -0.700. The monoisotopic (exact) mass is 179 g/mol. The molecule has 0 unspecified atom stereocenters. The summed E-state index contributed by atoms with van der Waals surface area (Å²) >= 11 is 5.26. The molecule has 1 aromatic rings. The second-order valence-electron chi connectivity index (χ2n) is 1.89. The highest BCUT2D eigenvalue weighted by Gasteiger charge is 2.32. The molecule has 0 aliphatic heterocycles. The van der Waals surface area contributed by atoms with E-state index < -0.39 is 11.7 Å². The zero-order valence-electron chi connectivity index (χ0n) is 5.24. The number of hydrogen-bond acceptors (Lipinski definition) is 0. The highest BCUT2D eigenvalue weighted by Crippen LogP contribution is 2.33.